The highest BCUT2D eigenvalue weighted by molar-refractivity contribution is 5.73. The summed E-state index contributed by atoms with van der Waals surface area (Å²) in [5, 5.41) is 8.79. The molecule has 1 unspecified atom stereocenters. The second kappa shape index (κ2) is 3.95. The third-order valence-electron chi connectivity index (χ3n) is 1.92. The lowest BCUT2D eigenvalue weighted by Crippen LogP contribution is -2.35. The largest absolute Gasteiger partial charge is 0.479 e. The van der Waals surface area contributed by atoms with Crippen LogP contribution in [0.3, 0.4) is 0 Å². The molecule has 0 aromatic carbocycles. The second-order valence-corrected chi connectivity index (χ2v) is 3.00. The number of nitrogens with zero attached hydrogens (tertiary/aromatic N) is 1. The molecular weight excluding hydrogens is 200 g/mol. The van der Waals surface area contributed by atoms with Gasteiger partial charge in [-0.3, -0.25) is 14.3 Å². The Kier molecular flexibility index (Phi) is 2.89. The minimum atomic E-state index is -1.21. The van der Waals surface area contributed by atoms with Crippen LogP contribution in [0.25, 0.3) is 0 Å². The molecule has 0 fully saturated rings. The minimum absolute atomic E-state index is 0.266. The van der Waals surface area contributed by atoms with Crippen molar-refractivity contribution in [3.05, 3.63) is 45.3 Å². The van der Waals surface area contributed by atoms with Crippen LogP contribution >= 0.6 is 0 Å². The molecule has 15 heavy (non-hydrogen) atoms. The topological polar surface area (TPSA) is 92.2 Å². The highest BCUT2D eigenvalue weighted by atomic mass is 16.4. The number of aryl methyl sites for hydroxylation is 1. The van der Waals surface area contributed by atoms with Crippen molar-refractivity contribution < 1.29 is 9.90 Å². The van der Waals surface area contributed by atoms with E-state index in [0.717, 1.165) is 10.6 Å². The molecule has 0 aliphatic heterocycles. The van der Waals surface area contributed by atoms with E-state index in [1.54, 1.807) is 0 Å². The van der Waals surface area contributed by atoms with E-state index in [4.69, 9.17) is 5.11 Å². The number of carboxylic acids is 1. The molecule has 0 radical (unpaired) electrons. The zero-order chi connectivity index (χ0) is 11.6. The van der Waals surface area contributed by atoms with Gasteiger partial charge in [0, 0.05) is 11.8 Å². The van der Waals surface area contributed by atoms with Gasteiger partial charge in [0.05, 0.1) is 0 Å². The van der Waals surface area contributed by atoms with E-state index in [1.165, 1.54) is 13.1 Å². The predicted octanol–water partition coefficient (Wildman–Crippen LogP) is -0.343. The van der Waals surface area contributed by atoms with E-state index in [9.17, 15) is 14.4 Å². The van der Waals surface area contributed by atoms with Crippen molar-refractivity contribution in [2.24, 2.45) is 0 Å². The van der Waals surface area contributed by atoms with Crippen LogP contribution in [-0.2, 0) is 4.79 Å². The van der Waals surface area contributed by atoms with Crippen LogP contribution in [0.5, 0.6) is 0 Å². The Morgan fingerprint density at radius 3 is 2.73 bits per heavy atom. The van der Waals surface area contributed by atoms with Gasteiger partial charge in [-0.25, -0.2) is 9.59 Å². The molecule has 1 aromatic rings. The molecule has 80 valence electrons. The van der Waals surface area contributed by atoms with Crippen LogP contribution in [0.15, 0.2) is 28.4 Å². The number of aromatic nitrogens is 2. The van der Waals surface area contributed by atoms with Crippen LogP contribution in [0.4, 0.5) is 0 Å². The smallest absolute Gasteiger partial charge is 0.330 e. The summed E-state index contributed by atoms with van der Waals surface area (Å²) >= 11 is 0. The maximum Gasteiger partial charge on any atom is 0.330 e. The molecular formula is C9H10N2O4. The van der Waals surface area contributed by atoms with E-state index >= 15 is 0 Å². The van der Waals surface area contributed by atoms with Crippen molar-refractivity contribution in [2.75, 3.05) is 0 Å². The molecule has 1 rings (SSSR count). The lowest BCUT2D eigenvalue weighted by Gasteiger charge is -2.10. The molecule has 2 N–H and O–H groups in total. The molecule has 0 saturated heterocycles. The van der Waals surface area contributed by atoms with Gasteiger partial charge in [0.25, 0.3) is 5.56 Å². The first-order chi connectivity index (χ1) is 6.97. The number of carboxylic acid groups (broad SMARTS) is 1. The standard InChI is InChI=1S/C9H10N2O4/c1-3-6(8(13)14)11-4-5(2)7(12)10-9(11)15/h3-4,6H,1H2,2H3,(H,13,14)(H,10,12,15). The van der Waals surface area contributed by atoms with Crippen LogP contribution in [-0.4, -0.2) is 20.6 Å². The fourth-order valence-electron chi connectivity index (χ4n) is 1.13. The third kappa shape index (κ3) is 2.04. The van der Waals surface area contributed by atoms with E-state index < -0.39 is 23.3 Å². The quantitative estimate of drug-likeness (QED) is 0.667. The Morgan fingerprint density at radius 2 is 2.27 bits per heavy atom. The third-order valence-corrected chi connectivity index (χ3v) is 1.92. The lowest BCUT2D eigenvalue weighted by atomic mass is 10.3. The maximum atomic E-state index is 11.3. The Hall–Kier alpha value is -2.11. The zero-order valence-electron chi connectivity index (χ0n) is 8.06. The van der Waals surface area contributed by atoms with Gasteiger partial charge in [-0.15, -0.1) is 6.58 Å². The molecule has 6 nitrogen and oxygen atoms in total. The molecule has 6 heteroatoms. The molecule has 1 atom stereocenters. The van der Waals surface area contributed by atoms with Crippen molar-refractivity contribution in [3.63, 3.8) is 0 Å². The predicted molar refractivity (Wildman–Crippen MR) is 52.9 cm³/mol. The van der Waals surface area contributed by atoms with Crippen molar-refractivity contribution in [2.45, 2.75) is 13.0 Å². The Bertz CT molecular complexity index is 512. The highest BCUT2D eigenvalue weighted by Crippen LogP contribution is 2.03. The van der Waals surface area contributed by atoms with Gasteiger partial charge < -0.3 is 5.11 Å². The van der Waals surface area contributed by atoms with Gasteiger partial charge in [-0.05, 0) is 6.92 Å². The van der Waals surface area contributed by atoms with Crippen LogP contribution in [0.2, 0.25) is 0 Å². The van der Waals surface area contributed by atoms with Crippen LogP contribution < -0.4 is 11.2 Å². The van der Waals surface area contributed by atoms with Gasteiger partial charge in [-0.1, -0.05) is 6.08 Å². The van der Waals surface area contributed by atoms with Crippen molar-refractivity contribution in [1.82, 2.24) is 9.55 Å². The number of hydrogen-bond donors (Lipinski definition) is 2. The van der Waals surface area contributed by atoms with E-state index in [2.05, 4.69) is 6.58 Å². The molecule has 0 amide bonds. The van der Waals surface area contributed by atoms with Gasteiger partial charge in [0.1, 0.15) is 0 Å². The van der Waals surface area contributed by atoms with Gasteiger partial charge in [0.15, 0.2) is 6.04 Å². The van der Waals surface area contributed by atoms with Crippen molar-refractivity contribution in [1.29, 1.82) is 0 Å². The fraction of sp³-hybridized carbons (Fsp3) is 0.222. The average Bonchev–Trinajstić information content (AvgIpc) is 2.14. The van der Waals surface area contributed by atoms with Crippen molar-refractivity contribution in [3.8, 4) is 0 Å². The van der Waals surface area contributed by atoms with Gasteiger partial charge >= 0.3 is 11.7 Å². The van der Waals surface area contributed by atoms with Gasteiger partial charge in [-0.2, -0.15) is 0 Å². The summed E-state index contributed by atoms with van der Waals surface area (Å²) in [7, 11) is 0. The monoisotopic (exact) mass is 210 g/mol. The second-order valence-electron chi connectivity index (χ2n) is 3.00. The highest BCUT2D eigenvalue weighted by Gasteiger charge is 2.17. The first-order valence-electron chi connectivity index (χ1n) is 4.14. The molecule has 1 heterocycles. The summed E-state index contributed by atoms with van der Waals surface area (Å²) in [5.74, 6) is -1.21. The van der Waals surface area contributed by atoms with Crippen LogP contribution in [0, 0.1) is 6.92 Å². The number of nitrogens with one attached hydrogen (secondary N) is 1. The zero-order valence-corrected chi connectivity index (χ0v) is 8.06. The van der Waals surface area contributed by atoms with E-state index in [0.29, 0.717) is 0 Å². The normalized spacial score (nSPS) is 12.1. The fourth-order valence-corrected chi connectivity index (χ4v) is 1.13. The average molecular weight is 210 g/mol. The maximum absolute atomic E-state index is 11.3. The van der Waals surface area contributed by atoms with Crippen molar-refractivity contribution >= 4 is 5.97 Å². The molecule has 1 aromatic heterocycles. The Labute approximate surface area is 84.5 Å². The molecule has 0 bridgehead atoms. The Morgan fingerprint density at radius 1 is 1.67 bits per heavy atom. The first kappa shape index (κ1) is 11.0. The lowest BCUT2D eigenvalue weighted by molar-refractivity contribution is -0.139. The number of H-pyrrole nitrogens is 1. The molecule has 0 aliphatic carbocycles. The van der Waals surface area contributed by atoms with E-state index in [-0.39, 0.29) is 5.56 Å². The summed E-state index contributed by atoms with van der Waals surface area (Å²) in [6, 6.07) is -1.17. The Balaban J connectivity index is 3.43. The summed E-state index contributed by atoms with van der Waals surface area (Å²) in [6.07, 6.45) is 2.31. The summed E-state index contributed by atoms with van der Waals surface area (Å²) in [4.78, 5) is 35.1. The summed E-state index contributed by atoms with van der Waals surface area (Å²) in [6.45, 7) is 4.80. The number of hydrogen-bond acceptors (Lipinski definition) is 3. The minimum Gasteiger partial charge on any atom is -0.479 e. The van der Waals surface area contributed by atoms with Gasteiger partial charge in [0.2, 0.25) is 0 Å². The molecule has 0 spiro atoms. The molecule has 0 saturated carbocycles. The van der Waals surface area contributed by atoms with Crippen LogP contribution in [0.1, 0.15) is 11.6 Å². The summed E-state index contributed by atoms with van der Waals surface area (Å²) < 4.78 is 0.909. The number of carbonyl (C=O) groups is 1. The molecule has 0 aliphatic rings. The number of rotatable bonds is 3. The first-order valence-corrected chi connectivity index (χ1v) is 4.14. The number of aromatic amines is 1. The SMILES string of the molecule is C=CC(C(=O)O)n1cc(C)c(=O)[nH]c1=O. The van der Waals surface area contributed by atoms with E-state index in [1.807, 2.05) is 4.98 Å². The number of aliphatic carboxylic acids is 1. The summed E-state index contributed by atoms with van der Waals surface area (Å²) in [5.41, 5.74) is -1.02.